The van der Waals surface area contributed by atoms with Gasteiger partial charge >= 0.3 is 0 Å². The molecular formula is C44H83N3O3. The monoisotopic (exact) mass is 702 g/mol. The number of carbonyl (C=O) groups excluding carboxylic acids is 1. The van der Waals surface area contributed by atoms with Crippen LogP contribution in [0, 0.1) is 0 Å². The number of carbonyl (C=O) groups is 1. The van der Waals surface area contributed by atoms with Gasteiger partial charge in [-0.05, 0) is 37.8 Å². The number of hydrogen-bond donors (Lipinski definition) is 3. The van der Waals surface area contributed by atoms with Crippen molar-refractivity contribution in [3.8, 4) is 0 Å². The fraction of sp³-hybridized carbons (Fsp3) is 0.841. The molecule has 6 heteroatoms. The van der Waals surface area contributed by atoms with Crippen LogP contribution < -0.4 is 16.4 Å². The summed E-state index contributed by atoms with van der Waals surface area (Å²) in [6.07, 6.45) is 34.6. The van der Waals surface area contributed by atoms with Gasteiger partial charge in [-0.2, -0.15) is 0 Å². The van der Waals surface area contributed by atoms with E-state index in [1.807, 2.05) is 18.2 Å². The first-order valence-corrected chi connectivity index (χ1v) is 21.7. The SMILES string of the molecule is CCCCCCCCCCCCCCOCC(CNC(=O)[C@H](CCCCN)NCc1ccccc1)OCCCCCCCCCCCCCC. The Bertz CT molecular complexity index is 824. The van der Waals surface area contributed by atoms with E-state index in [0.717, 1.165) is 45.3 Å². The van der Waals surface area contributed by atoms with Gasteiger partial charge in [0.15, 0.2) is 0 Å². The molecule has 0 spiro atoms. The Kier molecular flexibility index (Phi) is 34.7. The minimum Gasteiger partial charge on any atom is -0.379 e. The lowest BCUT2D eigenvalue weighted by Gasteiger charge is -2.22. The number of rotatable bonds is 39. The van der Waals surface area contributed by atoms with Gasteiger partial charge in [0.1, 0.15) is 0 Å². The van der Waals surface area contributed by atoms with Crippen LogP contribution >= 0.6 is 0 Å². The molecule has 6 nitrogen and oxygen atoms in total. The van der Waals surface area contributed by atoms with Crippen LogP contribution in [0.4, 0.5) is 0 Å². The van der Waals surface area contributed by atoms with Crippen molar-refractivity contribution in [2.45, 2.75) is 206 Å². The second-order valence-corrected chi connectivity index (χ2v) is 14.8. The van der Waals surface area contributed by atoms with E-state index >= 15 is 0 Å². The van der Waals surface area contributed by atoms with Crippen molar-refractivity contribution < 1.29 is 14.3 Å². The lowest BCUT2D eigenvalue weighted by molar-refractivity contribution is -0.124. The van der Waals surface area contributed by atoms with Gasteiger partial charge in [0.05, 0.1) is 18.8 Å². The van der Waals surface area contributed by atoms with Gasteiger partial charge in [-0.1, -0.05) is 192 Å². The molecule has 1 aromatic rings. The van der Waals surface area contributed by atoms with Crippen LogP contribution in [0.1, 0.15) is 193 Å². The maximum absolute atomic E-state index is 13.4. The third-order valence-corrected chi connectivity index (χ3v) is 9.96. The topological polar surface area (TPSA) is 85.6 Å². The first-order valence-electron chi connectivity index (χ1n) is 21.7. The number of nitrogens with two attached hydrogens (primary N) is 1. The van der Waals surface area contributed by atoms with E-state index in [4.69, 9.17) is 15.2 Å². The Morgan fingerprint density at radius 3 is 1.60 bits per heavy atom. The van der Waals surface area contributed by atoms with Crippen LogP contribution in [0.3, 0.4) is 0 Å². The third kappa shape index (κ3) is 30.2. The molecule has 292 valence electrons. The molecule has 0 bridgehead atoms. The molecule has 0 saturated carbocycles. The van der Waals surface area contributed by atoms with Crippen molar-refractivity contribution >= 4 is 5.91 Å². The van der Waals surface area contributed by atoms with Crippen molar-refractivity contribution in [2.75, 3.05) is 32.9 Å². The van der Waals surface area contributed by atoms with Crippen molar-refractivity contribution in [3.63, 3.8) is 0 Å². The zero-order valence-electron chi connectivity index (χ0n) is 33.2. The van der Waals surface area contributed by atoms with Crippen molar-refractivity contribution in [1.82, 2.24) is 10.6 Å². The number of nitrogens with one attached hydrogen (secondary N) is 2. The Morgan fingerprint density at radius 1 is 0.620 bits per heavy atom. The summed E-state index contributed by atoms with van der Waals surface area (Å²) in [4.78, 5) is 13.4. The lowest BCUT2D eigenvalue weighted by Crippen LogP contribution is -2.47. The zero-order chi connectivity index (χ0) is 36.0. The second-order valence-electron chi connectivity index (χ2n) is 14.8. The van der Waals surface area contributed by atoms with E-state index in [2.05, 4.69) is 36.6 Å². The number of hydrogen-bond acceptors (Lipinski definition) is 5. The molecule has 1 aromatic carbocycles. The van der Waals surface area contributed by atoms with Crippen LogP contribution in [-0.2, 0) is 20.8 Å². The molecule has 4 N–H and O–H groups in total. The first-order chi connectivity index (χ1) is 24.7. The van der Waals surface area contributed by atoms with E-state index in [-0.39, 0.29) is 18.1 Å². The predicted molar refractivity (Wildman–Crippen MR) is 216 cm³/mol. The summed E-state index contributed by atoms with van der Waals surface area (Å²) in [5.74, 6) is 0.0397. The average molecular weight is 702 g/mol. The molecule has 0 heterocycles. The summed E-state index contributed by atoms with van der Waals surface area (Å²) >= 11 is 0. The van der Waals surface area contributed by atoms with E-state index in [9.17, 15) is 4.79 Å². The van der Waals surface area contributed by atoms with Gasteiger partial charge in [0.25, 0.3) is 0 Å². The highest BCUT2D eigenvalue weighted by Crippen LogP contribution is 2.14. The lowest BCUT2D eigenvalue weighted by atomic mass is 10.1. The summed E-state index contributed by atoms with van der Waals surface area (Å²) in [6.45, 7) is 8.40. The van der Waals surface area contributed by atoms with E-state index < -0.39 is 0 Å². The van der Waals surface area contributed by atoms with Gasteiger partial charge in [0.2, 0.25) is 5.91 Å². The Labute approximate surface area is 310 Å². The average Bonchev–Trinajstić information content (AvgIpc) is 3.14. The number of unbranched alkanes of at least 4 members (excludes halogenated alkanes) is 23. The van der Waals surface area contributed by atoms with Gasteiger partial charge in [0, 0.05) is 26.3 Å². The smallest absolute Gasteiger partial charge is 0.237 e. The normalized spacial score (nSPS) is 12.7. The highest BCUT2D eigenvalue weighted by molar-refractivity contribution is 5.81. The first kappa shape index (κ1) is 46.6. The molecule has 2 atom stereocenters. The second kappa shape index (κ2) is 37.3. The maximum atomic E-state index is 13.4. The molecule has 0 aliphatic carbocycles. The molecule has 1 amide bonds. The minimum absolute atomic E-state index is 0.0397. The van der Waals surface area contributed by atoms with Crippen molar-refractivity contribution in [1.29, 1.82) is 0 Å². The fourth-order valence-electron chi connectivity index (χ4n) is 6.61. The predicted octanol–water partition coefficient (Wildman–Crippen LogP) is 11.2. The molecular weight excluding hydrogens is 619 g/mol. The van der Waals surface area contributed by atoms with E-state index in [0.29, 0.717) is 26.2 Å². The molecule has 0 aliphatic heterocycles. The quantitative estimate of drug-likeness (QED) is 0.0595. The van der Waals surface area contributed by atoms with Crippen LogP contribution in [0.2, 0.25) is 0 Å². The highest BCUT2D eigenvalue weighted by Gasteiger charge is 2.19. The molecule has 0 aromatic heterocycles. The molecule has 0 fully saturated rings. The van der Waals surface area contributed by atoms with E-state index in [1.54, 1.807) is 0 Å². The van der Waals surface area contributed by atoms with Gasteiger partial charge in [-0.3, -0.25) is 4.79 Å². The summed E-state index contributed by atoms with van der Waals surface area (Å²) in [7, 11) is 0. The number of ether oxygens (including phenoxy) is 2. The van der Waals surface area contributed by atoms with Gasteiger partial charge < -0.3 is 25.8 Å². The van der Waals surface area contributed by atoms with Crippen LogP contribution in [-0.4, -0.2) is 51.0 Å². The summed E-state index contributed by atoms with van der Waals surface area (Å²) < 4.78 is 12.5. The number of amides is 1. The summed E-state index contributed by atoms with van der Waals surface area (Å²) in [5, 5.41) is 6.69. The molecule has 0 saturated heterocycles. The van der Waals surface area contributed by atoms with Crippen molar-refractivity contribution in [3.05, 3.63) is 35.9 Å². The molecule has 0 aliphatic rings. The Morgan fingerprint density at radius 2 is 1.10 bits per heavy atom. The molecule has 0 radical (unpaired) electrons. The summed E-state index contributed by atoms with van der Waals surface area (Å²) in [5.41, 5.74) is 6.93. The van der Waals surface area contributed by atoms with Crippen molar-refractivity contribution in [2.24, 2.45) is 5.73 Å². The molecule has 50 heavy (non-hydrogen) atoms. The fourth-order valence-corrected chi connectivity index (χ4v) is 6.61. The highest BCUT2D eigenvalue weighted by atomic mass is 16.5. The van der Waals surface area contributed by atoms with Crippen LogP contribution in [0.25, 0.3) is 0 Å². The Balaban J connectivity index is 2.38. The zero-order valence-corrected chi connectivity index (χ0v) is 33.2. The Hall–Kier alpha value is -1.47. The molecule has 1 rings (SSSR count). The largest absolute Gasteiger partial charge is 0.379 e. The standard InChI is InChI=1S/C44H83N3O3/c1-3-5-7-9-11-13-15-17-19-21-23-30-36-49-40-42(50-37-31-24-22-20-18-16-14-12-10-8-6-4-2)39-47-44(48)43(34-28-29-35-45)46-38-41-32-26-25-27-33-41/h25-27,32-33,42-43,46H,3-24,28-31,34-40,45H2,1-2H3,(H,47,48)/t42?,43-/m0/s1. The van der Waals surface area contributed by atoms with Gasteiger partial charge in [-0.15, -0.1) is 0 Å². The van der Waals surface area contributed by atoms with Gasteiger partial charge in [-0.25, -0.2) is 0 Å². The maximum Gasteiger partial charge on any atom is 0.237 e. The van der Waals surface area contributed by atoms with Crippen LogP contribution in [0.5, 0.6) is 0 Å². The minimum atomic E-state index is -0.249. The van der Waals surface area contributed by atoms with E-state index in [1.165, 1.54) is 147 Å². The van der Waals surface area contributed by atoms with Crippen LogP contribution in [0.15, 0.2) is 30.3 Å². The summed E-state index contributed by atoms with van der Waals surface area (Å²) in [6, 6.07) is 10.0. The third-order valence-electron chi connectivity index (χ3n) is 9.96. The number of benzene rings is 1. The molecule has 1 unspecified atom stereocenters.